The summed E-state index contributed by atoms with van der Waals surface area (Å²) in [7, 11) is 0. The molecule has 0 aromatic heterocycles. The van der Waals surface area contributed by atoms with Crippen LogP contribution in [-0.4, -0.2) is 22.7 Å². The summed E-state index contributed by atoms with van der Waals surface area (Å²) in [5, 5.41) is 3.37. The summed E-state index contributed by atoms with van der Waals surface area (Å²) < 4.78 is 26.1. The van der Waals surface area contributed by atoms with Crippen LogP contribution in [-0.2, 0) is 11.4 Å². The number of thiocarbonyl (C=S) groups is 1. The second-order valence-electron chi connectivity index (χ2n) is 9.21. The summed E-state index contributed by atoms with van der Waals surface area (Å²) >= 11 is 16.3. The molecule has 0 radical (unpaired) electrons. The number of nitrogens with zero attached hydrogens (tertiary/aromatic N) is 1. The van der Waals surface area contributed by atoms with Crippen molar-refractivity contribution in [1.29, 1.82) is 0 Å². The van der Waals surface area contributed by atoms with Crippen molar-refractivity contribution in [3.63, 3.8) is 0 Å². The van der Waals surface area contributed by atoms with E-state index in [1.807, 2.05) is 25.1 Å². The van der Waals surface area contributed by atoms with Gasteiger partial charge in [-0.1, -0.05) is 53.8 Å². The molecule has 4 aromatic carbocycles. The van der Waals surface area contributed by atoms with E-state index in [9.17, 15) is 14.0 Å². The highest BCUT2D eigenvalue weighted by molar-refractivity contribution is 9.10. The average Bonchev–Trinajstić information content (AvgIpc) is 3.26. The van der Waals surface area contributed by atoms with Crippen LogP contribution in [0, 0.1) is 5.82 Å². The first-order chi connectivity index (χ1) is 20.7. The fourth-order valence-electron chi connectivity index (χ4n) is 4.17. The average molecular weight is 698 g/mol. The highest BCUT2D eigenvalue weighted by atomic mass is 79.9. The second kappa shape index (κ2) is 13.7. The maximum absolute atomic E-state index is 13.5. The van der Waals surface area contributed by atoms with E-state index >= 15 is 0 Å². The van der Waals surface area contributed by atoms with E-state index in [1.54, 1.807) is 48.5 Å². The zero-order valence-electron chi connectivity index (χ0n) is 22.6. The third-order valence-electron chi connectivity index (χ3n) is 6.19. The van der Waals surface area contributed by atoms with Gasteiger partial charge in [0.2, 0.25) is 0 Å². The van der Waals surface area contributed by atoms with Gasteiger partial charge in [-0.25, -0.2) is 4.39 Å². The van der Waals surface area contributed by atoms with Crippen LogP contribution in [0.1, 0.15) is 28.4 Å². The standard InChI is InChI=1S/C32H23BrClFN2O4S2/c1-2-40-27-15-20(14-26(33)29(27)41-18-19-6-8-22(34)9-7-19)16-28-31(39)37(32(42)43-28)25-5-3-4-21(17-25)30(38)36-24-12-10-23(35)11-13-24/h3-17H,2,18H2,1H3,(H,36,38)/b28-16+. The molecule has 1 aliphatic rings. The molecule has 5 rings (SSSR count). The Morgan fingerprint density at radius 1 is 1.07 bits per heavy atom. The number of thioether (sulfide) groups is 1. The number of anilines is 2. The molecule has 4 aromatic rings. The number of nitrogens with one attached hydrogen (secondary N) is 1. The number of carbonyl (C=O) groups is 2. The SMILES string of the molecule is CCOc1cc(/C=C2/SC(=S)N(c3cccc(C(=O)Nc4ccc(F)cc4)c3)C2=O)cc(Br)c1OCc1ccc(Cl)cc1. The fourth-order valence-corrected chi connectivity index (χ4v) is 6.17. The van der Waals surface area contributed by atoms with Gasteiger partial charge in [-0.2, -0.15) is 0 Å². The Morgan fingerprint density at radius 3 is 2.53 bits per heavy atom. The number of amides is 2. The van der Waals surface area contributed by atoms with Gasteiger partial charge < -0.3 is 14.8 Å². The summed E-state index contributed by atoms with van der Waals surface area (Å²) in [6, 6.07) is 23.1. The third-order valence-corrected chi connectivity index (χ3v) is 8.33. The summed E-state index contributed by atoms with van der Waals surface area (Å²) in [4.78, 5) is 28.1. The molecule has 1 N–H and O–H groups in total. The zero-order valence-corrected chi connectivity index (χ0v) is 26.6. The Labute approximate surface area is 271 Å². The first-order valence-corrected chi connectivity index (χ1v) is 15.4. The predicted octanol–water partition coefficient (Wildman–Crippen LogP) is 8.88. The maximum atomic E-state index is 13.5. The van der Waals surface area contributed by atoms with Crippen molar-refractivity contribution in [3.05, 3.63) is 122 Å². The van der Waals surface area contributed by atoms with Crippen molar-refractivity contribution in [3.8, 4) is 11.5 Å². The van der Waals surface area contributed by atoms with Crippen molar-refractivity contribution in [2.75, 3.05) is 16.8 Å². The minimum absolute atomic E-state index is 0.314. The van der Waals surface area contributed by atoms with Gasteiger partial charge in [-0.05, 0) is 107 Å². The van der Waals surface area contributed by atoms with Gasteiger partial charge in [-0.15, -0.1) is 0 Å². The molecule has 6 nitrogen and oxygen atoms in total. The van der Waals surface area contributed by atoms with Gasteiger partial charge in [0.25, 0.3) is 11.8 Å². The fraction of sp³-hybridized carbons (Fsp3) is 0.0938. The van der Waals surface area contributed by atoms with Crippen LogP contribution in [0.25, 0.3) is 6.08 Å². The van der Waals surface area contributed by atoms with Crippen molar-refractivity contribution < 1.29 is 23.5 Å². The van der Waals surface area contributed by atoms with Crippen LogP contribution in [0.3, 0.4) is 0 Å². The highest BCUT2D eigenvalue weighted by Gasteiger charge is 2.33. The molecular formula is C32H23BrClFN2O4S2. The zero-order chi connectivity index (χ0) is 30.5. The van der Waals surface area contributed by atoms with E-state index in [4.69, 9.17) is 33.3 Å². The Kier molecular flexibility index (Phi) is 9.82. The van der Waals surface area contributed by atoms with E-state index in [0.29, 0.717) is 65.9 Å². The number of benzene rings is 4. The van der Waals surface area contributed by atoms with Gasteiger partial charge in [0.15, 0.2) is 15.8 Å². The molecule has 2 amide bonds. The van der Waals surface area contributed by atoms with Crippen LogP contribution < -0.4 is 19.7 Å². The molecule has 0 spiro atoms. The summed E-state index contributed by atoms with van der Waals surface area (Å²) in [5.74, 6) is -0.0589. The van der Waals surface area contributed by atoms with E-state index in [0.717, 1.165) is 17.3 Å². The minimum atomic E-state index is -0.402. The number of carbonyl (C=O) groups excluding carboxylic acids is 2. The monoisotopic (exact) mass is 696 g/mol. The lowest BCUT2D eigenvalue weighted by Gasteiger charge is -2.16. The van der Waals surface area contributed by atoms with Crippen LogP contribution in [0.2, 0.25) is 5.02 Å². The third kappa shape index (κ3) is 7.45. The number of hydrogen-bond donors (Lipinski definition) is 1. The number of rotatable bonds is 9. The van der Waals surface area contributed by atoms with E-state index < -0.39 is 11.7 Å². The van der Waals surface area contributed by atoms with E-state index in [1.165, 1.54) is 29.2 Å². The number of halogens is 3. The Bertz CT molecular complexity index is 1730. The Hall–Kier alpha value is -3.70. The molecule has 0 bridgehead atoms. The highest BCUT2D eigenvalue weighted by Crippen LogP contribution is 2.41. The lowest BCUT2D eigenvalue weighted by molar-refractivity contribution is -0.113. The summed E-state index contributed by atoms with van der Waals surface area (Å²) in [5.41, 5.74) is 2.88. The molecule has 43 heavy (non-hydrogen) atoms. The van der Waals surface area contributed by atoms with E-state index in [-0.39, 0.29) is 5.91 Å². The van der Waals surface area contributed by atoms with Gasteiger partial charge in [0.1, 0.15) is 12.4 Å². The van der Waals surface area contributed by atoms with Gasteiger partial charge in [0, 0.05) is 16.3 Å². The molecule has 1 aliphatic heterocycles. The lowest BCUT2D eigenvalue weighted by atomic mass is 10.1. The molecule has 0 atom stereocenters. The van der Waals surface area contributed by atoms with Gasteiger partial charge >= 0.3 is 0 Å². The molecule has 11 heteroatoms. The molecule has 0 unspecified atom stereocenters. The second-order valence-corrected chi connectivity index (χ2v) is 12.2. The first kappa shape index (κ1) is 30.7. The molecule has 1 fully saturated rings. The van der Waals surface area contributed by atoms with Crippen molar-refractivity contribution in [2.24, 2.45) is 0 Å². The largest absolute Gasteiger partial charge is 0.490 e. The van der Waals surface area contributed by atoms with E-state index in [2.05, 4.69) is 21.2 Å². The Morgan fingerprint density at radius 2 is 1.81 bits per heavy atom. The maximum Gasteiger partial charge on any atom is 0.270 e. The number of hydrogen-bond acceptors (Lipinski definition) is 6. The van der Waals surface area contributed by atoms with Gasteiger partial charge in [-0.3, -0.25) is 14.5 Å². The summed E-state index contributed by atoms with van der Waals surface area (Å²) in [6.45, 7) is 2.61. The van der Waals surface area contributed by atoms with Gasteiger partial charge in [0.05, 0.1) is 21.7 Å². The molecule has 0 aliphatic carbocycles. The quantitative estimate of drug-likeness (QED) is 0.139. The first-order valence-electron chi connectivity index (χ1n) is 13.0. The molecule has 0 saturated carbocycles. The minimum Gasteiger partial charge on any atom is -0.490 e. The van der Waals surface area contributed by atoms with Crippen LogP contribution in [0.4, 0.5) is 15.8 Å². The van der Waals surface area contributed by atoms with Crippen molar-refractivity contribution in [1.82, 2.24) is 0 Å². The lowest BCUT2D eigenvalue weighted by Crippen LogP contribution is -2.27. The molecule has 1 heterocycles. The Balaban J connectivity index is 1.35. The topological polar surface area (TPSA) is 67.9 Å². The van der Waals surface area contributed by atoms with Crippen molar-refractivity contribution >= 4 is 85.1 Å². The predicted molar refractivity (Wildman–Crippen MR) is 178 cm³/mol. The summed E-state index contributed by atoms with van der Waals surface area (Å²) in [6.07, 6.45) is 1.74. The van der Waals surface area contributed by atoms with Crippen LogP contribution in [0.15, 0.2) is 94.3 Å². The molecular weight excluding hydrogens is 675 g/mol. The smallest absolute Gasteiger partial charge is 0.270 e. The number of ether oxygens (including phenoxy) is 2. The van der Waals surface area contributed by atoms with Crippen LogP contribution in [0.5, 0.6) is 11.5 Å². The van der Waals surface area contributed by atoms with Crippen LogP contribution >= 0.6 is 51.5 Å². The molecule has 1 saturated heterocycles. The van der Waals surface area contributed by atoms with Crippen molar-refractivity contribution in [2.45, 2.75) is 13.5 Å². The normalized spacial score (nSPS) is 13.9. The molecule has 218 valence electrons.